The van der Waals surface area contributed by atoms with Gasteiger partial charge in [0.2, 0.25) is 5.95 Å². The third-order valence-electron chi connectivity index (χ3n) is 11.2. The van der Waals surface area contributed by atoms with E-state index in [4.69, 9.17) is 19.4 Å². The van der Waals surface area contributed by atoms with Gasteiger partial charge in [0.05, 0.1) is 22.1 Å². The minimum Gasteiger partial charge on any atom is -0.456 e. The maximum absolute atomic E-state index is 6.26. The molecule has 6 nitrogen and oxygen atoms in total. The molecule has 12 aromatic rings. The molecule has 0 N–H and O–H groups in total. The number of fused-ring (bicyclic) bond motifs is 10. The number of nitrogens with zero attached hydrogens (tertiary/aromatic N) is 5. The van der Waals surface area contributed by atoms with Gasteiger partial charge >= 0.3 is 0 Å². The Bertz CT molecular complexity index is 3520. The molecule has 0 spiro atoms. The molecular weight excluding hydrogens is 699 g/mol. The van der Waals surface area contributed by atoms with Crippen LogP contribution in [0.25, 0.3) is 111 Å². The summed E-state index contributed by atoms with van der Waals surface area (Å²) in [4.78, 5) is 15.7. The highest BCUT2D eigenvalue weighted by molar-refractivity contribution is 6.26. The van der Waals surface area contributed by atoms with Crippen molar-refractivity contribution >= 4 is 65.6 Å². The van der Waals surface area contributed by atoms with E-state index >= 15 is 0 Å². The number of furan rings is 1. The van der Waals surface area contributed by atoms with Gasteiger partial charge in [0.15, 0.2) is 11.6 Å². The third-order valence-corrected chi connectivity index (χ3v) is 11.2. The van der Waals surface area contributed by atoms with Crippen LogP contribution >= 0.6 is 0 Å². The van der Waals surface area contributed by atoms with Gasteiger partial charge in [0.25, 0.3) is 0 Å². The molecule has 0 bridgehead atoms. The molecule has 4 aromatic heterocycles. The second kappa shape index (κ2) is 12.3. The maximum Gasteiger partial charge on any atom is 0.238 e. The van der Waals surface area contributed by atoms with Crippen LogP contribution in [0, 0.1) is 0 Å². The van der Waals surface area contributed by atoms with E-state index in [1.54, 1.807) is 0 Å². The van der Waals surface area contributed by atoms with Gasteiger partial charge < -0.3 is 8.98 Å². The third kappa shape index (κ3) is 4.81. The molecule has 0 aliphatic carbocycles. The fourth-order valence-electron chi connectivity index (χ4n) is 8.72. The Labute approximate surface area is 326 Å². The lowest BCUT2D eigenvalue weighted by atomic mass is 9.98. The van der Waals surface area contributed by atoms with Gasteiger partial charge in [-0.3, -0.25) is 4.57 Å². The Morgan fingerprint density at radius 3 is 1.81 bits per heavy atom. The Kier molecular flexibility index (Phi) is 6.83. The average Bonchev–Trinajstić information content (AvgIpc) is 3.95. The summed E-state index contributed by atoms with van der Waals surface area (Å²) >= 11 is 0. The lowest BCUT2D eigenvalue weighted by molar-refractivity contribution is 0.669. The van der Waals surface area contributed by atoms with Gasteiger partial charge in [-0.25, -0.2) is 4.98 Å². The van der Waals surface area contributed by atoms with E-state index in [1.807, 2.05) is 36.4 Å². The Balaban J connectivity index is 1.13. The number of hydrogen-bond donors (Lipinski definition) is 0. The SMILES string of the molecule is c1ccc(-c2nc(-c3cccc(-c4cccc5oc6ccccc6c45)c3)nc(-n3c4ccccc4c4c3ccc3c5ccccc5n(-c5ccccc5)c34)n2)cc1. The van der Waals surface area contributed by atoms with Crippen LogP contribution in [0.5, 0.6) is 0 Å². The predicted octanol–water partition coefficient (Wildman–Crippen LogP) is 13.0. The highest BCUT2D eigenvalue weighted by Crippen LogP contribution is 2.42. The Morgan fingerprint density at radius 2 is 0.982 bits per heavy atom. The van der Waals surface area contributed by atoms with Crippen molar-refractivity contribution in [3.8, 4) is 45.5 Å². The number of para-hydroxylation sites is 4. The fourth-order valence-corrected chi connectivity index (χ4v) is 8.72. The van der Waals surface area contributed by atoms with Crippen LogP contribution < -0.4 is 0 Å². The molecule has 0 saturated carbocycles. The first kappa shape index (κ1) is 31.5. The highest BCUT2D eigenvalue weighted by atomic mass is 16.3. The molecule has 0 saturated heterocycles. The van der Waals surface area contributed by atoms with Crippen LogP contribution in [-0.2, 0) is 0 Å². The van der Waals surface area contributed by atoms with Gasteiger partial charge in [-0.05, 0) is 59.7 Å². The van der Waals surface area contributed by atoms with E-state index in [-0.39, 0.29) is 0 Å². The van der Waals surface area contributed by atoms with Gasteiger partial charge in [-0.1, -0.05) is 140 Å². The van der Waals surface area contributed by atoms with Crippen molar-refractivity contribution in [1.82, 2.24) is 24.1 Å². The Hall–Kier alpha value is -7.83. The van der Waals surface area contributed by atoms with E-state index < -0.39 is 0 Å². The van der Waals surface area contributed by atoms with Crippen LogP contribution in [0.4, 0.5) is 0 Å². The number of hydrogen-bond acceptors (Lipinski definition) is 4. The summed E-state index contributed by atoms with van der Waals surface area (Å²) in [5.41, 5.74) is 11.2. The maximum atomic E-state index is 6.26. The monoisotopic (exact) mass is 729 g/mol. The number of aromatic nitrogens is 5. The summed E-state index contributed by atoms with van der Waals surface area (Å²) in [6.07, 6.45) is 0. The predicted molar refractivity (Wildman–Crippen MR) is 232 cm³/mol. The lowest BCUT2D eigenvalue weighted by Gasteiger charge is -2.12. The summed E-state index contributed by atoms with van der Waals surface area (Å²) in [6, 6.07) is 65.5. The highest BCUT2D eigenvalue weighted by Gasteiger charge is 2.23. The van der Waals surface area contributed by atoms with Crippen LogP contribution in [0.1, 0.15) is 0 Å². The van der Waals surface area contributed by atoms with E-state index in [2.05, 4.69) is 161 Å². The van der Waals surface area contributed by atoms with Gasteiger partial charge in [0.1, 0.15) is 11.2 Å². The molecule has 4 heterocycles. The number of benzene rings is 8. The lowest BCUT2D eigenvalue weighted by Crippen LogP contribution is -2.06. The van der Waals surface area contributed by atoms with Crippen molar-refractivity contribution < 1.29 is 4.42 Å². The molecule has 8 aromatic carbocycles. The molecular formula is C51H31N5O. The normalized spacial score (nSPS) is 11.9. The van der Waals surface area contributed by atoms with Gasteiger partial charge in [-0.2, -0.15) is 9.97 Å². The largest absolute Gasteiger partial charge is 0.456 e. The average molecular weight is 730 g/mol. The van der Waals surface area contributed by atoms with Crippen LogP contribution in [0.3, 0.4) is 0 Å². The molecule has 266 valence electrons. The van der Waals surface area contributed by atoms with E-state index in [1.165, 1.54) is 10.8 Å². The van der Waals surface area contributed by atoms with Crippen LogP contribution in [0.2, 0.25) is 0 Å². The molecule has 0 aliphatic heterocycles. The van der Waals surface area contributed by atoms with Crippen LogP contribution in [-0.4, -0.2) is 24.1 Å². The smallest absolute Gasteiger partial charge is 0.238 e. The molecule has 57 heavy (non-hydrogen) atoms. The summed E-state index contributed by atoms with van der Waals surface area (Å²) < 4.78 is 10.9. The van der Waals surface area contributed by atoms with E-state index in [0.29, 0.717) is 17.6 Å². The summed E-state index contributed by atoms with van der Waals surface area (Å²) in [5.74, 6) is 1.75. The molecule has 12 rings (SSSR count). The first-order valence-electron chi connectivity index (χ1n) is 19.1. The van der Waals surface area contributed by atoms with Crippen molar-refractivity contribution in [2.24, 2.45) is 0 Å². The first-order valence-corrected chi connectivity index (χ1v) is 19.1. The molecule has 0 atom stereocenters. The van der Waals surface area contributed by atoms with Crippen LogP contribution in [0.15, 0.2) is 192 Å². The minimum atomic E-state index is 0.556. The standard InChI is InChI=1S/C51H31N5O/c1-3-15-32(16-4-1)49-52-50(34-18-13-17-33(31-34)36-24-14-28-45-46(36)40-23-9-12-27-44(40)57-45)54-51(53-49)56-42-26-11-8-22-39(42)47-43(56)30-29-38-37-21-7-10-25-41(37)55(48(38)47)35-19-5-2-6-20-35/h1-31H. The number of rotatable bonds is 5. The van der Waals surface area contributed by atoms with Crippen molar-refractivity contribution in [2.45, 2.75) is 0 Å². The van der Waals surface area contributed by atoms with Crippen molar-refractivity contribution in [3.63, 3.8) is 0 Å². The molecule has 0 aliphatic rings. The zero-order valence-electron chi connectivity index (χ0n) is 30.5. The van der Waals surface area contributed by atoms with Crippen molar-refractivity contribution in [1.29, 1.82) is 0 Å². The minimum absolute atomic E-state index is 0.556. The molecule has 0 unspecified atom stereocenters. The second-order valence-electron chi connectivity index (χ2n) is 14.4. The second-order valence-corrected chi connectivity index (χ2v) is 14.4. The summed E-state index contributed by atoms with van der Waals surface area (Å²) in [6.45, 7) is 0. The molecule has 0 fully saturated rings. The zero-order valence-corrected chi connectivity index (χ0v) is 30.5. The van der Waals surface area contributed by atoms with E-state index in [0.717, 1.165) is 82.7 Å². The van der Waals surface area contributed by atoms with Crippen molar-refractivity contribution in [3.05, 3.63) is 188 Å². The molecule has 0 radical (unpaired) electrons. The van der Waals surface area contributed by atoms with Crippen molar-refractivity contribution in [2.75, 3.05) is 0 Å². The first-order chi connectivity index (χ1) is 28.3. The zero-order chi connectivity index (χ0) is 37.5. The Morgan fingerprint density at radius 1 is 0.368 bits per heavy atom. The van der Waals surface area contributed by atoms with Gasteiger partial charge in [-0.15, -0.1) is 0 Å². The molecule has 0 amide bonds. The summed E-state index contributed by atoms with van der Waals surface area (Å²) in [7, 11) is 0. The topological polar surface area (TPSA) is 61.7 Å². The molecule has 6 heteroatoms. The fraction of sp³-hybridized carbons (Fsp3) is 0. The van der Waals surface area contributed by atoms with E-state index in [9.17, 15) is 0 Å². The van der Waals surface area contributed by atoms with Gasteiger partial charge in [0, 0.05) is 49.1 Å². The quantitative estimate of drug-likeness (QED) is 0.177. The summed E-state index contributed by atoms with van der Waals surface area (Å²) in [5, 5.41) is 6.87.